The summed E-state index contributed by atoms with van der Waals surface area (Å²) >= 11 is 0. The fourth-order valence-electron chi connectivity index (χ4n) is 15.9. The van der Waals surface area contributed by atoms with E-state index in [1.54, 1.807) is 6.08 Å². The van der Waals surface area contributed by atoms with Crippen LogP contribution in [0, 0.1) is 63.1 Å². The number of aldehydes is 1. The molecule has 0 bridgehead atoms. The predicted octanol–water partition coefficient (Wildman–Crippen LogP) is 7.89. The summed E-state index contributed by atoms with van der Waals surface area (Å²) in [5.74, 6) is 4.00. The Hall–Kier alpha value is -1.54. The summed E-state index contributed by atoms with van der Waals surface area (Å²) in [4.78, 5) is 10.8. The first-order chi connectivity index (χ1) is 24.2. The van der Waals surface area contributed by atoms with E-state index in [-0.39, 0.29) is 28.5 Å². The van der Waals surface area contributed by atoms with Gasteiger partial charge in [0, 0.05) is 28.6 Å². The van der Waals surface area contributed by atoms with Gasteiger partial charge in [0.15, 0.2) is 0 Å². The molecule has 9 rings (SSSR count). The molecule has 7 nitrogen and oxygen atoms in total. The van der Waals surface area contributed by atoms with Gasteiger partial charge in [-0.3, -0.25) is 9.89 Å². The van der Waals surface area contributed by atoms with E-state index >= 15 is 0 Å². The molecule has 0 saturated heterocycles. The van der Waals surface area contributed by atoms with Crippen molar-refractivity contribution in [2.24, 2.45) is 63.1 Å². The van der Waals surface area contributed by atoms with Crippen LogP contribution in [-0.4, -0.2) is 60.3 Å². The highest BCUT2D eigenvalue weighted by atomic mass is 16.3. The van der Waals surface area contributed by atoms with Gasteiger partial charge in [-0.2, -0.15) is 5.10 Å². The lowest BCUT2D eigenvalue weighted by Gasteiger charge is -2.63. The number of allylic oxidation sites excluding steroid dienone is 2. The van der Waals surface area contributed by atoms with Gasteiger partial charge in [0.25, 0.3) is 0 Å². The Bertz CT molecular complexity index is 1460. The van der Waals surface area contributed by atoms with Crippen molar-refractivity contribution in [3.8, 4) is 0 Å². The van der Waals surface area contributed by atoms with Gasteiger partial charge in [0.05, 0.1) is 23.4 Å². The molecule has 7 heteroatoms. The highest BCUT2D eigenvalue weighted by Crippen LogP contribution is 2.71. The second kappa shape index (κ2) is 12.8. The van der Waals surface area contributed by atoms with Crippen molar-refractivity contribution in [3.63, 3.8) is 0 Å². The van der Waals surface area contributed by atoms with Crippen LogP contribution in [0.4, 0.5) is 0 Å². The van der Waals surface area contributed by atoms with Crippen LogP contribution in [-0.2, 0) is 4.79 Å². The van der Waals surface area contributed by atoms with Gasteiger partial charge >= 0.3 is 0 Å². The molecule has 0 radical (unpaired) electrons. The lowest BCUT2D eigenvalue weighted by atomic mass is 9.43. The molecule has 8 aliphatic rings. The molecule has 16 atom stereocenters. The molecule has 4 unspecified atom stereocenters. The third-order valence-corrected chi connectivity index (χ3v) is 19.0. The van der Waals surface area contributed by atoms with Crippen LogP contribution in [0.3, 0.4) is 0 Å². The van der Waals surface area contributed by atoms with Crippen molar-refractivity contribution in [3.05, 3.63) is 30.1 Å². The van der Waals surface area contributed by atoms with Gasteiger partial charge in [-0.1, -0.05) is 33.8 Å². The Labute approximate surface area is 306 Å². The Kier molecular flexibility index (Phi) is 9.12. The van der Waals surface area contributed by atoms with Gasteiger partial charge in [-0.05, 0) is 180 Å². The smallest absolute Gasteiger partial charge is 0.142 e. The van der Waals surface area contributed by atoms with Crippen LogP contribution in [0.25, 0.3) is 0 Å². The van der Waals surface area contributed by atoms with Crippen molar-refractivity contribution < 1.29 is 25.2 Å². The minimum atomic E-state index is -0.585. The molecule has 1 aromatic rings. The van der Waals surface area contributed by atoms with E-state index in [2.05, 4.69) is 50.0 Å². The maximum absolute atomic E-state index is 12.1. The van der Waals surface area contributed by atoms with E-state index < -0.39 is 11.2 Å². The minimum Gasteiger partial charge on any atom is -0.393 e. The van der Waals surface area contributed by atoms with Gasteiger partial charge in [-0.15, -0.1) is 0 Å². The summed E-state index contributed by atoms with van der Waals surface area (Å²) in [7, 11) is 0. The number of fused-ring (bicyclic) bond motifs is 10. The van der Waals surface area contributed by atoms with Crippen molar-refractivity contribution in [1.82, 2.24) is 10.2 Å². The minimum absolute atomic E-state index is 0.0436. The summed E-state index contributed by atoms with van der Waals surface area (Å²) in [6.07, 6.45) is 25.3. The monoisotopic (exact) mass is 705 g/mol. The third-order valence-electron chi connectivity index (χ3n) is 19.0. The number of carbonyl (C=O) groups excluding carboxylic acids is 1. The highest BCUT2D eigenvalue weighted by Gasteiger charge is 2.68. The molecule has 0 aliphatic heterocycles. The van der Waals surface area contributed by atoms with Crippen LogP contribution in [0.5, 0.6) is 0 Å². The fraction of sp³-hybridized carbons (Fsp3) is 0.864. The SMILES string of the molecule is C[C@]12CC[C@H](O)C[C@H]1CCC1C2CC[C@]2(C)[C@@H](/C=C/C=O)CC[C@]12O.C[C@]12CC[C@H](O)C[C@H]1CCC1C2CC[C@]2(C)[C@@H](c3ccn[nH]3)CC[C@]12O. The van der Waals surface area contributed by atoms with E-state index in [4.69, 9.17) is 0 Å². The standard InChI is InChI=1S/C22H34N2O2.C22H34O3/c1-20-9-5-15(25)13-14(20)3-4-17-16(20)6-10-21(2)18(7-11-22(17,21)26)19-8-12-23-24-19;1-20-10-8-17(24)14-16(20)5-6-19-18(20)9-11-21(2)15(4-3-13-23)7-12-22(19,21)25/h8,12,14-18,25-26H,3-7,9-11,13H2,1-2H3,(H,23,24);3-4,13,15-19,24-25H,5-12,14H2,1-2H3/b;4-3+/t14-,15+,16?,17?,18-,20+,21-,22+;15-,16+,17-,18?,19?,20-,21+,22-/m10/s1. The fourth-order valence-corrected chi connectivity index (χ4v) is 15.9. The van der Waals surface area contributed by atoms with Gasteiger partial charge in [-0.25, -0.2) is 0 Å². The van der Waals surface area contributed by atoms with E-state index in [1.807, 2.05) is 6.20 Å². The molecule has 8 saturated carbocycles. The normalized spacial score (nSPS) is 54.5. The summed E-state index contributed by atoms with van der Waals surface area (Å²) < 4.78 is 0. The molecule has 0 aromatic carbocycles. The molecule has 51 heavy (non-hydrogen) atoms. The lowest BCUT2D eigenvalue weighted by molar-refractivity contribution is -0.207. The second-order valence-corrected chi connectivity index (χ2v) is 20.4. The molecule has 1 aromatic heterocycles. The van der Waals surface area contributed by atoms with Gasteiger partial charge in [0.1, 0.15) is 6.29 Å². The van der Waals surface area contributed by atoms with Gasteiger partial charge in [0.2, 0.25) is 0 Å². The van der Waals surface area contributed by atoms with Crippen LogP contribution in [0.1, 0.15) is 155 Å². The molecule has 5 N–H and O–H groups in total. The van der Waals surface area contributed by atoms with Crippen LogP contribution in [0.2, 0.25) is 0 Å². The number of aromatic amines is 1. The first-order valence-electron chi connectivity index (χ1n) is 21.2. The number of hydrogen-bond acceptors (Lipinski definition) is 6. The zero-order valence-corrected chi connectivity index (χ0v) is 32.0. The van der Waals surface area contributed by atoms with Crippen molar-refractivity contribution in [2.75, 3.05) is 0 Å². The van der Waals surface area contributed by atoms with E-state index in [1.165, 1.54) is 25.0 Å². The molecule has 284 valence electrons. The maximum Gasteiger partial charge on any atom is 0.142 e. The molecule has 8 aliphatic carbocycles. The molecular weight excluding hydrogens is 636 g/mol. The van der Waals surface area contributed by atoms with E-state index in [0.717, 1.165) is 103 Å². The molecule has 0 spiro atoms. The van der Waals surface area contributed by atoms with Crippen molar-refractivity contribution in [1.29, 1.82) is 0 Å². The van der Waals surface area contributed by atoms with Gasteiger partial charge < -0.3 is 20.4 Å². The molecule has 0 amide bonds. The summed E-state index contributed by atoms with van der Waals surface area (Å²) in [5.41, 5.74) is 0.542. The topological polar surface area (TPSA) is 127 Å². The molecular formula is C44H68N2O5. The Balaban J connectivity index is 0.000000147. The number of aromatic nitrogens is 2. The van der Waals surface area contributed by atoms with E-state index in [9.17, 15) is 25.2 Å². The third kappa shape index (κ3) is 5.23. The first-order valence-corrected chi connectivity index (χ1v) is 21.2. The summed E-state index contributed by atoms with van der Waals surface area (Å²) in [5, 5.41) is 51.7. The number of aliphatic hydroxyl groups is 4. The summed E-state index contributed by atoms with van der Waals surface area (Å²) in [6.45, 7) is 9.55. The molecule has 1 heterocycles. The highest BCUT2D eigenvalue weighted by molar-refractivity contribution is 5.64. The van der Waals surface area contributed by atoms with Crippen LogP contribution in [0.15, 0.2) is 24.4 Å². The number of aliphatic hydroxyl groups excluding tert-OH is 2. The average Bonchev–Trinajstić information content (AvgIpc) is 3.80. The Morgan fingerprint density at radius 2 is 1.22 bits per heavy atom. The van der Waals surface area contributed by atoms with Crippen LogP contribution < -0.4 is 0 Å². The number of rotatable bonds is 3. The predicted molar refractivity (Wildman–Crippen MR) is 198 cm³/mol. The van der Waals surface area contributed by atoms with Crippen molar-refractivity contribution >= 4 is 6.29 Å². The zero-order valence-electron chi connectivity index (χ0n) is 32.0. The summed E-state index contributed by atoms with van der Waals surface area (Å²) in [6, 6.07) is 2.11. The van der Waals surface area contributed by atoms with Crippen LogP contribution >= 0.6 is 0 Å². The Morgan fingerprint density at radius 1 is 0.667 bits per heavy atom. The van der Waals surface area contributed by atoms with Crippen molar-refractivity contribution in [2.45, 2.75) is 173 Å². The number of nitrogens with one attached hydrogen (secondary N) is 1. The van der Waals surface area contributed by atoms with E-state index in [0.29, 0.717) is 52.8 Å². The lowest BCUT2D eigenvalue weighted by Crippen LogP contribution is -2.62. The first kappa shape index (κ1) is 36.4. The number of carbonyl (C=O) groups is 1. The maximum atomic E-state index is 12.1. The second-order valence-electron chi connectivity index (χ2n) is 20.4. The number of H-pyrrole nitrogens is 1. The zero-order chi connectivity index (χ0) is 36.0. The number of nitrogens with zero attached hydrogens (tertiary/aromatic N) is 1. The quantitative estimate of drug-likeness (QED) is 0.161. The Morgan fingerprint density at radius 3 is 1.76 bits per heavy atom. The number of hydrogen-bond donors (Lipinski definition) is 5. The largest absolute Gasteiger partial charge is 0.393 e. The molecule has 8 fully saturated rings. The average molecular weight is 705 g/mol.